The maximum atomic E-state index is 10.8. The summed E-state index contributed by atoms with van der Waals surface area (Å²) in [5.74, 6) is -1.31. The largest absolute Gasteiger partial charge is 0.370 e. The van der Waals surface area contributed by atoms with Gasteiger partial charge in [0.05, 0.1) is 6.26 Å². The van der Waals surface area contributed by atoms with Gasteiger partial charge in [0.25, 0.3) is 0 Å². The van der Waals surface area contributed by atoms with Gasteiger partial charge in [0.1, 0.15) is 6.54 Å². The maximum Gasteiger partial charge on any atom is 0.341 e. The van der Waals surface area contributed by atoms with Gasteiger partial charge in [-0.25, -0.2) is 4.79 Å². The Kier molecular flexibility index (Phi) is 3.67. The molecule has 0 fully saturated rings. The molecule has 0 heterocycles. The Bertz CT molecular complexity index is 310. The van der Waals surface area contributed by atoms with Crippen LogP contribution in [0.25, 0.3) is 0 Å². The molecule has 0 amide bonds. The zero-order valence-corrected chi connectivity index (χ0v) is 8.09. The van der Waals surface area contributed by atoms with Gasteiger partial charge in [-0.1, -0.05) is 0 Å². The Hall–Kier alpha value is -1.31. The molecule has 0 radical (unpaired) electrons. The lowest BCUT2D eigenvalue weighted by molar-refractivity contribution is -0.133. The van der Waals surface area contributed by atoms with Crippen molar-refractivity contribution in [2.24, 2.45) is 5.73 Å². The van der Waals surface area contributed by atoms with Crippen LogP contribution in [0, 0.1) is 5.41 Å². The van der Waals surface area contributed by atoms with Crippen LogP contribution in [0.5, 0.6) is 0 Å². The van der Waals surface area contributed by atoms with Crippen LogP contribution in [0.4, 0.5) is 0 Å². The normalized spacial score (nSPS) is 10.6. The first-order chi connectivity index (χ1) is 5.72. The van der Waals surface area contributed by atoms with Gasteiger partial charge in [-0.15, -0.1) is 0 Å². The van der Waals surface area contributed by atoms with Crippen molar-refractivity contribution in [2.45, 2.75) is 0 Å². The van der Waals surface area contributed by atoms with Crippen molar-refractivity contribution in [3.05, 3.63) is 0 Å². The van der Waals surface area contributed by atoms with E-state index in [0.29, 0.717) is 0 Å². The molecular formula is C5H11N3O4S. The highest BCUT2D eigenvalue weighted by atomic mass is 32.2. The molecule has 76 valence electrons. The monoisotopic (exact) mass is 209 g/mol. The summed E-state index contributed by atoms with van der Waals surface area (Å²) in [5, 5.41) is 6.87. The number of hydrogen-bond acceptors (Lipinski definition) is 5. The van der Waals surface area contributed by atoms with Crippen molar-refractivity contribution in [1.82, 2.24) is 4.90 Å². The third kappa shape index (κ3) is 5.91. The predicted molar refractivity (Wildman–Crippen MR) is 45.5 cm³/mol. The molecule has 0 aliphatic rings. The smallest absolute Gasteiger partial charge is 0.341 e. The summed E-state index contributed by atoms with van der Waals surface area (Å²) in [6.07, 6.45) is 0.763. The Morgan fingerprint density at radius 1 is 1.62 bits per heavy atom. The quantitative estimate of drug-likeness (QED) is 0.326. The second-order valence-electron chi connectivity index (χ2n) is 2.40. The fraction of sp³-hybridized carbons (Fsp3) is 0.600. The Labute approximate surface area is 76.1 Å². The molecule has 0 saturated heterocycles. The third-order valence-corrected chi connectivity index (χ3v) is 1.51. The number of carbonyl (C=O) groups excluding carboxylic acids is 1. The molecule has 0 aliphatic carbocycles. The zero-order chi connectivity index (χ0) is 10.6. The number of nitrogens with one attached hydrogen (secondary N) is 1. The van der Waals surface area contributed by atoms with Gasteiger partial charge in [-0.3, -0.25) is 5.41 Å². The average Bonchev–Trinajstić information content (AvgIpc) is 1.81. The van der Waals surface area contributed by atoms with E-state index < -0.39 is 16.1 Å². The molecule has 0 aliphatic heterocycles. The molecule has 13 heavy (non-hydrogen) atoms. The van der Waals surface area contributed by atoms with Crippen LogP contribution < -0.4 is 5.73 Å². The summed E-state index contributed by atoms with van der Waals surface area (Å²) < 4.78 is 24.9. The van der Waals surface area contributed by atoms with Crippen LogP contribution in [0.15, 0.2) is 0 Å². The topological polar surface area (TPSA) is 114 Å². The van der Waals surface area contributed by atoms with Gasteiger partial charge in [0.2, 0.25) is 0 Å². The summed E-state index contributed by atoms with van der Waals surface area (Å²) in [7, 11) is -2.42. The first-order valence-corrected chi connectivity index (χ1v) is 5.01. The summed E-state index contributed by atoms with van der Waals surface area (Å²) >= 11 is 0. The van der Waals surface area contributed by atoms with Crippen LogP contribution in [0.1, 0.15) is 0 Å². The predicted octanol–water partition coefficient (Wildman–Crippen LogP) is -1.69. The van der Waals surface area contributed by atoms with Crippen LogP contribution in [-0.4, -0.2) is 45.1 Å². The van der Waals surface area contributed by atoms with Gasteiger partial charge in [-0.2, -0.15) is 8.42 Å². The maximum absolute atomic E-state index is 10.8. The van der Waals surface area contributed by atoms with Crippen LogP contribution in [-0.2, 0) is 19.1 Å². The number of carbonyl (C=O) groups is 1. The van der Waals surface area contributed by atoms with E-state index in [-0.39, 0.29) is 12.5 Å². The van der Waals surface area contributed by atoms with Crippen LogP contribution in [0.2, 0.25) is 0 Å². The van der Waals surface area contributed by atoms with Gasteiger partial charge >= 0.3 is 16.1 Å². The molecule has 3 N–H and O–H groups in total. The number of hydrogen-bond donors (Lipinski definition) is 2. The molecule has 0 aromatic carbocycles. The van der Waals surface area contributed by atoms with Crippen LogP contribution >= 0.6 is 0 Å². The lowest BCUT2D eigenvalue weighted by Gasteiger charge is -2.14. The molecular weight excluding hydrogens is 198 g/mol. The summed E-state index contributed by atoms with van der Waals surface area (Å²) in [6.45, 7) is -0.373. The first kappa shape index (κ1) is 11.7. The molecule has 0 aromatic rings. The second-order valence-corrected chi connectivity index (χ2v) is 3.98. The van der Waals surface area contributed by atoms with Gasteiger partial charge in [0.15, 0.2) is 5.96 Å². The van der Waals surface area contributed by atoms with Crippen molar-refractivity contribution in [1.29, 1.82) is 5.41 Å². The SMILES string of the molecule is CN(CC(=O)OS(C)(=O)=O)C(=N)N. The Morgan fingerprint density at radius 2 is 2.08 bits per heavy atom. The van der Waals surface area contributed by atoms with Crippen molar-refractivity contribution in [3.8, 4) is 0 Å². The lowest BCUT2D eigenvalue weighted by atomic mass is 10.6. The number of guanidine groups is 1. The van der Waals surface area contributed by atoms with Gasteiger partial charge < -0.3 is 14.8 Å². The molecule has 0 spiro atoms. The number of nitrogens with two attached hydrogens (primary N) is 1. The van der Waals surface area contributed by atoms with Crippen molar-refractivity contribution in [2.75, 3.05) is 19.8 Å². The average molecular weight is 209 g/mol. The van der Waals surface area contributed by atoms with Crippen molar-refractivity contribution in [3.63, 3.8) is 0 Å². The number of nitrogens with zero attached hydrogens (tertiary/aromatic N) is 1. The molecule has 0 atom stereocenters. The standard InChI is InChI=1S/C5H11N3O4S/c1-8(5(6)7)3-4(9)12-13(2,10)11/h3H2,1-2H3,(H3,6,7). The summed E-state index contributed by atoms with van der Waals surface area (Å²) in [6, 6.07) is 0. The van der Waals surface area contributed by atoms with Crippen LogP contribution in [0.3, 0.4) is 0 Å². The number of likely N-dealkylation sites (N-methyl/N-ethyl adjacent to an activating group) is 1. The van der Waals surface area contributed by atoms with E-state index >= 15 is 0 Å². The second kappa shape index (κ2) is 4.08. The van der Waals surface area contributed by atoms with E-state index in [2.05, 4.69) is 4.18 Å². The zero-order valence-electron chi connectivity index (χ0n) is 7.27. The highest BCUT2D eigenvalue weighted by Crippen LogP contribution is 1.90. The van der Waals surface area contributed by atoms with Crippen molar-refractivity contribution >= 4 is 22.0 Å². The van der Waals surface area contributed by atoms with Crippen molar-refractivity contribution < 1.29 is 17.4 Å². The molecule has 0 saturated carbocycles. The van der Waals surface area contributed by atoms with E-state index in [1.807, 2.05) is 0 Å². The molecule has 0 aromatic heterocycles. The highest BCUT2D eigenvalue weighted by molar-refractivity contribution is 7.86. The lowest BCUT2D eigenvalue weighted by Crippen LogP contribution is -2.37. The van der Waals surface area contributed by atoms with E-state index in [1.165, 1.54) is 7.05 Å². The van der Waals surface area contributed by atoms with E-state index in [1.54, 1.807) is 0 Å². The molecule has 0 unspecified atom stereocenters. The van der Waals surface area contributed by atoms with Gasteiger partial charge in [0, 0.05) is 7.05 Å². The first-order valence-electron chi connectivity index (χ1n) is 3.20. The minimum Gasteiger partial charge on any atom is -0.370 e. The number of rotatable bonds is 3. The van der Waals surface area contributed by atoms with Gasteiger partial charge in [-0.05, 0) is 0 Å². The summed E-state index contributed by atoms with van der Waals surface area (Å²) in [4.78, 5) is 11.8. The minimum absolute atomic E-state index is 0.342. The molecule has 8 heteroatoms. The summed E-state index contributed by atoms with van der Waals surface area (Å²) in [5.41, 5.74) is 5.00. The van der Waals surface area contributed by atoms with E-state index in [9.17, 15) is 13.2 Å². The molecule has 7 nitrogen and oxygen atoms in total. The third-order valence-electron chi connectivity index (χ3n) is 1.02. The fourth-order valence-electron chi connectivity index (χ4n) is 0.474. The highest BCUT2D eigenvalue weighted by Gasteiger charge is 2.13. The molecule has 0 bridgehead atoms. The molecule has 0 rings (SSSR count). The minimum atomic E-state index is -3.78. The Balaban J connectivity index is 4.11. The fourth-order valence-corrected chi connectivity index (χ4v) is 0.864. The van der Waals surface area contributed by atoms with E-state index in [0.717, 1.165) is 11.2 Å². The van der Waals surface area contributed by atoms with E-state index in [4.69, 9.17) is 11.1 Å². The Morgan fingerprint density at radius 3 is 2.38 bits per heavy atom.